The fraction of sp³-hybridized carbons (Fsp3) is 0.308. The standard InChI is InChI=1S/C13H12Cl2N2O2S/c1-2-3-12-16-17-13(19-12)20-7-11(18)9-5-4-8(14)6-10(9)15/h4-6H,2-3,7H2,1H3. The topological polar surface area (TPSA) is 56.0 Å². The maximum atomic E-state index is 12.0. The molecule has 1 aromatic carbocycles. The number of nitrogens with zero attached hydrogens (tertiary/aromatic N) is 2. The predicted molar refractivity (Wildman–Crippen MR) is 79.8 cm³/mol. The Morgan fingerprint density at radius 1 is 1.35 bits per heavy atom. The van der Waals surface area contributed by atoms with Gasteiger partial charge in [-0.2, -0.15) is 0 Å². The number of aryl methyl sites for hydroxylation is 1. The Balaban J connectivity index is 1.97. The summed E-state index contributed by atoms with van der Waals surface area (Å²) in [5.74, 6) is 0.675. The number of aromatic nitrogens is 2. The number of rotatable bonds is 6. The van der Waals surface area contributed by atoms with Crippen LogP contribution in [0.1, 0.15) is 29.6 Å². The Bertz CT molecular complexity index is 616. The van der Waals surface area contributed by atoms with Crippen molar-refractivity contribution in [3.05, 3.63) is 39.7 Å². The molecule has 1 aromatic heterocycles. The molecule has 0 radical (unpaired) electrons. The van der Waals surface area contributed by atoms with E-state index in [9.17, 15) is 4.79 Å². The maximum Gasteiger partial charge on any atom is 0.277 e. The van der Waals surface area contributed by atoms with Crippen LogP contribution in [0.15, 0.2) is 27.8 Å². The molecule has 0 atom stereocenters. The van der Waals surface area contributed by atoms with Crippen LogP contribution in [0.5, 0.6) is 0 Å². The lowest BCUT2D eigenvalue weighted by Gasteiger charge is -2.02. The normalized spacial score (nSPS) is 10.8. The van der Waals surface area contributed by atoms with Crippen LogP contribution in [0.2, 0.25) is 10.0 Å². The molecule has 0 bridgehead atoms. The first kappa shape index (κ1) is 15.4. The summed E-state index contributed by atoms with van der Waals surface area (Å²) in [5, 5.41) is 9.01. The zero-order valence-electron chi connectivity index (χ0n) is 10.7. The third-order valence-corrected chi connectivity index (χ3v) is 3.84. The minimum absolute atomic E-state index is 0.105. The van der Waals surface area contributed by atoms with Gasteiger partial charge in [0.25, 0.3) is 5.22 Å². The highest BCUT2D eigenvalue weighted by Gasteiger charge is 2.13. The molecule has 2 aromatic rings. The van der Waals surface area contributed by atoms with Crippen molar-refractivity contribution in [2.45, 2.75) is 25.0 Å². The van der Waals surface area contributed by atoms with Gasteiger partial charge in [-0.25, -0.2) is 0 Å². The summed E-state index contributed by atoms with van der Waals surface area (Å²) >= 11 is 13.0. The maximum absolute atomic E-state index is 12.0. The van der Waals surface area contributed by atoms with Crippen molar-refractivity contribution in [1.82, 2.24) is 10.2 Å². The van der Waals surface area contributed by atoms with E-state index in [1.807, 2.05) is 6.92 Å². The molecule has 7 heteroatoms. The van der Waals surface area contributed by atoms with Gasteiger partial charge in [0.15, 0.2) is 5.78 Å². The number of Topliss-reactive ketones (excluding diaryl/α,β-unsaturated/α-hetero) is 1. The molecule has 0 aliphatic rings. The van der Waals surface area contributed by atoms with Crippen molar-refractivity contribution in [2.75, 3.05) is 5.75 Å². The lowest BCUT2D eigenvalue weighted by Crippen LogP contribution is -2.03. The third kappa shape index (κ3) is 3.98. The van der Waals surface area contributed by atoms with Gasteiger partial charge < -0.3 is 4.42 Å². The molecule has 0 aliphatic heterocycles. The van der Waals surface area contributed by atoms with E-state index < -0.39 is 0 Å². The highest BCUT2D eigenvalue weighted by atomic mass is 35.5. The Hall–Kier alpha value is -1.04. The lowest BCUT2D eigenvalue weighted by molar-refractivity contribution is 0.102. The van der Waals surface area contributed by atoms with Gasteiger partial charge in [0.2, 0.25) is 5.89 Å². The van der Waals surface area contributed by atoms with Gasteiger partial charge in [-0.1, -0.05) is 41.9 Å². The molecule has 0 saturated heterocycles. The SMILES string of the molecule is CCCc1nnc(SCC(=O)c2ccc(Cl)cc2Cl)o1. The van der Waals surface area contributed by atoms with Crippen LogP contribution in [0, 0.1) is 0 Å². The fourth-order valence-corrected chi connectivity index (χ4v) is 2.71. The lowest BCUT2D eigenvalue weighted by atomic mass is 10.1. The van der Waals surface area contributed by atoms with Crippen LogP contribution in [0.25, 0.3) is 0 Å². The first-order valence-corrected chi connectivity index (χ1v) is 7.77. The quantitative estimate of drug-likeness (QED) is 0.583. The number of benzene rings is 1. The minimum Gasteiger partial charge on any atom is -0.416 e. The van der Waals surface area contributed by atoms with Crippen LogP contribution in [-0.2, 0) is 6.42 Å². The summed E-state index contributed by atoms with van der Waals surface area (Å²) in [6, 6.07) is 4.80. The molecule has 20 heavy (non-hydrogen) atoms. The molecule has 0 unspecified atom stereocenters. The first-order valence-electron chi connectivity index (χ1n) is 6.03. The largest absolute Gasteiger partial charge is 0.416 e. The molecular formula is C13H12Cl2N2O2S. The Kier molecular flexibility index (Phi) is 5.46. The number of thioether (sulfide) groups is 1. The smallest absolute Gasteiger partial charge is 0.277 e. The monoisotopic (exact) mass is 330 g/mol. The number of hydrogen-bond donors (Lipinski definition) is 0. The molecular weight excluding hydrogens is 319 g/mol. The zero-order valence-corrected chi connectivity index (χ0v) is 13.1. The Morgan fingerprint density at radius 3 is 2.85 bits per heavy atom. The van der Waals surface area contributed by atoms with E-state index in [1.165, 1.54) is 11.8 Å². The number of halogens is 2. The van der Waals surface area contributed by atoms with E-state index in [0.717, 1.165) is 12.8 Å². The van der Waals surface area contributed by atoms with Gasteiger partial charge in [-0.15, -0.1) is 10.2 Å². The average molecular weight is 331 g/mol. The molecule has 1 heterocycles. The van der Waals surface area contributed by atoms with Gasteiger partial charge in [0, 0.05) is 17.0 Å². The van der Waals surface area contributed by atoms with Crippen LogP contribution in [-0.4, -0.2) is 21.7 Å². The molecule has 4 nitrogen and oxygen atoms in total. The first-order chi connectivity index (χ1) is 9.60. The number of carbonyl (C=O) groups excluding carboxylic acids is 1. The predicted octanol–water partition coefficient (Wildman–Crippen LogP) is 4.30. The molecule has 0 aliphatic carbocycles. The highest BCUT2D eigenvalue weighted by Crippen LogP contribution is 2.24. The second kappa shape index (κ2) is 7.11. The fourth-order valence-electron chi connectivity index (χ4n) is 1.53. The molecule has 2 rings (SSSR count). The van der Waals surface area contributed by atoms with Gasteiger partial charge in [0.1, 0.15) is 0 Å². The second-order valence-electron chi connectivity index (χ2n) is 4.05. The van der Waals surface area contributed by atoms with Crippen molar-refractivity contribution in [1.29, 1.82) is 0 Å². The molecule has 106 valence electrons. The van der Waals surface area contributed by atoms with Crippen LogP contribution >= 0.6 is 35.0 Å². The van der Waals surface area contributed by atoms with E-state index in [1.54, 1.807) is 18.2 Å². The summed E-state index contributed by atoms with van der Waals surface area (Å²) < 4.78 is 5.39. The van der Waals surface area contributed by atoms with Crippen molar-refractivity contribution in [2.24, 2.45) is 0 Å². The van der Waals surface area contributed by atoms with Crippen molar-refractivity contribution >= 4 is 40.7 Å². The van der Waals surface area contributed by atoms with E-state index >= 15 is 0 Å². The summed E-state index contributed by atoms with van der Waals surface area (Å²) in [6.45, 7) is 2.03. The third-order valence-electron chi connectivity index (χ3n) is 2.47. The van der Waals surface area contributed by atoms with Crippen LogP contribution in [0.4, 0.5) is 0 Å². The van der Waals surface area contributed by atoms with Gasteiger partial charge in [-0.05, 0) is 24.6 Å². The molecule has 0 N–H and O–H groups in total. The van der Waals surface area contributed by atoms with E-state index in [4.69, 9.17) is 27.6 Å². The van der Waals surface area contributed by atoms with E-state index in [2.05, 4.69) is 10.2 Å². The minimum atomic E-state index is -0.105. The van der Waals surface area contributed by atoms with Gasteiger partial charge in [-0.3, -0.25) is 4.79 Å². The van der Waals surface area contributed by atoms with Crippen LogP contribution < -0.4 is 0 Å². The van der Waals surface area contributed by atoms with Crippen molar-refractivity contribution in [3.8, 4) is 0 Å². The van der Waals surface area contributed by atoms with Gasteiger partial charge >= 0.3 is 0 Å². The number of ketones is 1. The van der Waals surface area contributed by atoms with Gasteiger partial charge in [0.05, 0.1) is 10.8 Å². The van der Waals surface area contributed by atoms with Crippen molar-refractivity contribution in [3.63, 3.8) is 0 Å². The Morgan fingerprint density at radius 2 is 2.15 bits per heavy atom. The molecule has 0 saturated carbocycles. The van der Waals surface area contributed by atoms with Crippen molar-refractivity contribution < 1.29 is 9.21 Å². The van der Waals surface area contributed by atoms with Crippen LogP contribution in [0.3, 0.4) is 0 Å². The average Bonchev–Trinajstić information content (AvgIpc) is 2.84. The molecule has 0 amide bonds. The second-order valence-corrected chi connectivity index (χ2v) is 5.82. The summed E-state index contributed by atoms with van der Waals surface area (Å²) in [4.78, 5) is 12.0. The molecule has 0 spiro atoms. The summed E-state index contributed by atoms with van der Waals surface area (Å²) in [7, 11) is 0. The molecule has 0 fully saturated rings. The highest BCUT2D eigenvalue weighted by molar-refractivity contribution is 7.99. The summed E-state index contributed by atoms with van der Waals surface area (Å²) in [6.07, 6.45) is 1.68. The van der Waals surface area contributed by atoms with E-state index in [-0.39, 0.29) is 11.5 Å². The number of carbonyl (C=O) groups is 1. The summed E-state index contributed by atoms with van der Waals surface area (Å²) in [5.41, 5.74) is 0.442. The Labute approximate surface area is 130 Å². The zero-order chi connectivity index (χ0) is 14.5. The number of hydrogen-bond acceptors (Lipinski definition) is 5. The van der Waals surface area contributed by atoms with E-state index in [0.29, 0.717) is 26.7 Å².